The first kappa shape index (κ1) is 14.2. The zero-order valence-electron chi connectivity index (χ0n) is 9.56. The maximum atomic E-state index is 11.2. The molecule has 1 aromatic rings. The van der Waals surface area contributed by atoms with Gasteiger partial charge in [0, 0.05) is 5.56 Å². The highest BCUT2D eigenvalue weighted by atomic mass is 16.4. The Morgan fingerprint density at radius 2 is 1.69 bits per heavy atom. The number of rotatable bonds is 3. The molecule has 0 aromatic heterocycles. The maximum absolute atomic E-state index is 11.2. The Bertz CT molecular complexity index is 322. The zero-order valence-corrected chi connectivity index (χ0v) is 9.56. The van der Waals surface area contributed by atoms with E-state index in [2.05, 4.69) is 19.2 Å². The molecule has 1 aromatic carbocycles. The van der Waals surface area contributed by atoms with E-state index in [9.17, 15) is 9.59 Å². The van der Waals surface area contributed by atoms with Gasteiger partial charge >= 0.3 is 5.97 Å². The fraction of sp³-hybridized carbons (Fsp3) is 0.333. The smallest absolute Gasteiger partial charge is 0.322 e. The van der Waals surface area contributed by atoms with E-state index in [4.69, 9.17) is 5.11 Å². The Hall–Kier alpha value is -1.84. The topological polar surface area (TPSA) is 66.4 Å². The van der Waals surface area contributed by atoms with Crippen LogP contribution in [0.5, 0.6) is 0 Å². The summed E-state index contributed by atoms with van der Waals surface area (Å²) in [4.78, 5) is 21.3. The molecule has 0 atom stereocenters. The predicted octanol–water partition coefficient (Wildman–Crippen LogP) is 1.92. The van der Waals surface area contributed by atoms with Gasteiger partial charge in [0.25, 0.3) is 5.91 Å². The van der Waals surface area contributed by atoms with Crippen molar-refractivity contribution in [3.05, 3.63) is 35.9 Å². The van der Waals surface area contributed by atoms with Crippen LogP contribution in [0.4, 0.5) is 0 Å². The third-order valence-electron chi connectivity index (χ3n) is 1.44. The van der Waals surface area contributed by atoms with Gasteiger partial charge in [-0.1, -0.05) is 38.5 Å². The molecule has 0 fully saturated rings. The molecule has 0 unspecified atom stereocenters. The average Bonchev–Trinajstić information content (AvgIpc) is 2.28. The molecule has 0 saturated carbocycles. The maximum Gasteiger partial charge on any atom is 0.322 e. The largest absolute Gasteiger partial charge is 0.480 e. The summed E-state index contributed by atoms with van der Waals surface area (Å²) in [5.41, 5.74) is 0.462. The number of benzene rings is 1. The van der Waals surface area contributed by atoms with Crippen molar-refractivity contribution in [3.63, 3.8) is 0 Å². The van der Waals surface area contributed by atoms with Crippen LogP contribution in [0.2, 0.25) is 0 Å². The van der Waals surface area contributed by atoms with Crippen LogP contribution in [-0.4, -0.2) is 23.5 Å². The molecule has 0 saturated heterocycles. The molecule has 0 aliphatic rings. The van der Waals surface area contributed by atoms with Gasteiger partial charge in [-0.2, -0.15) is 0 Å². The molecule has 0 aliphatic carbocycles. The van der Waals surface area contributed by atoms with E-state index in [1.54, 1.807) is 30.3 Å². The summed E-state index contributed by atoms with van der Waals surface area (Å²) < 4.78 is 0. The molecule has 0 radical (unpaired) electrons. The van der Waals surface area contributed by atoms with Gasteiger partial charge in [-0.25, -0.2) is 0 Å². The molecule has 2 N–H and O–H groups in total. The van der Waals surface area contributed by atoms with Crippen molar-refractivity contribution in [2.24, 2.45) is 0 Å². The first-order valence-electron chi connectivity index (χ1n) is 5.16. The Morgan fingerprint density at radius 1 is 1.19 bits per heavy atom. The molecule has 4 heteroatoms. The molecule has 1 rings (SSSR count). The Labute approximate surface area is 95.3 Å². The summed E-state index contributed by atoms with van der Waals surface area (Å²) in [7, 11) is 0. The summed E-state index contributed by atoms with van der Waals surface area (Å²) in [6.45, 7) is 3.90. The minimum Gasteiger partial charge on any atom is -0.480 e. The number of aliphatic carboxylic acids is 1. The van der Waals surface area contributed by atoms with Gasteiger partial charge < -0.3 is 10.4 Å². The van der Waals surface area contributed by atoms with E-state index in [-0.39, 0.29) is 12.5 Å². The van der Waals surface area contributed by atoms with Gasteiger partial charge in [-0.15, -0.1) is 0 Å². The normalized spacial score (nSPS) is 8.62. The highest BCUT2D eigenvalue weighted by molar-refractivity contribution is 5.95. The van der Waals surface area contributed by atoms with Gasteiger partial charge in [0.1, 0.15) is 6.54 Å². The lowest BCUT2D eigenvalue weighted by atomic mass is 10.2. The third kappa shape index (κ3) is 6.59. The van der Waals surface area contributed by atoms with E-state index in [1.807, 2.05) is 0 Å². The Balaban J connectivity index is 0.000000673. The van der Waals surface area contributed by atoms with Gasteiger partial charge in [-0.05, 0) is 12.1 Å². The van der Waals surface area contributed by atoms with E-state index < -0.39 is 5.97 Å². The third-order valence-corrected chi connectivity index (χ3v) is 1.44. The molecule has 1 amide bonds. The van der Waals surface area contributed by atoms with E-state index >= 15 is 0 Å². The Morgan fingerprint density at radius 3 is 2.12 bits per heavy atom. The van der Waals surface area contributed by atoms with E-state index in [0.717, 1.165) is 0 Å². The molecule has 0 heterocycles. The van der Waals surface area contributed by atoms with Crippen LogP contribution < -0.4 is 5.32 Å². The lowest BCUT2D eigenvalue weighted by Gasteiger charge is -2.00. The molecule has 88 valence electrons. The number of nitrogens with one attached hydrogen (secondary N) is 1. The first-order valence-corrected chi connectivity index (χ1v) is 5.16. The second kappa shape index (κ2) is 8.47. The number of amides is 1. The molecule has 4 nitrogen and oxygen atoms in total. The number of hydrogen-bond acceptors (Lipinski definition) is 2. The molecule has 0 bridgehead atoms. The Kier molecular flexibility index (Phi) is 7.49. The summed E-state index contributed by atoms with van der Waals surface area (Å²) in [5, 5.41) is 10.6. The number of carbonyl (C=O) groups is 2. The minimum absolute atomic E-state index is 0.353. The molecular weight excluding hydrogens is 206 g/mol. The van der Waals surface area contributed by atoms with Crippen LogP contribution in [0.15, 0.2) is 30.3 Å². The summed E-state index contributed by atoms with van der Waals surface area (Å²) in [6.07, 6.45) is 1.25. The highest BCUT2D eigenvalue weighted by Crippen LogP contribution is 1.96. The van der Waals surface area contributed by atoms with Crippen molar-refractivity contribution < 1.29 is 14.7 Å². The first-order chi connectivity index (χ1) is 7.61. The van der Waals surface area contributed by atoms with Crippen molar-refractivity contribution in [2.75, 3.05) is 6.54 Å². The monoisotopic (exact) mass is 223 g/mol. The van der Waals surface area contributed by atoms with Crippen molar-refractivity contribution in [3.8, 4) is 0 Å². The summed E-state index contributed by atoms with van der Waals surface area (Å²) in [6, 6.07) is 8.47. The number of carbonyl (C=O) groups excluding carboxylic acids is 1. The van der Waals surface area contributed by atoms with Gasteiger partial charge in [0.15, 0.2) is 0 Å². The molecule has 0 aliphatic heterocycles. The average molecular weight is 223 g/mol. The molecular formula is C12H17NO3. The number of carboxylic acids is 1. The fourth-order valence-electron chi connectivity index (χ4n) is 0.847. The second-order valence-corrected chi connectivity index (χ2v) is 3.15. The van der Waals surface area contributed by atoms with Crippen molar-refractivity contribution in [2.45, 2.75) is 20.3 Å². The van der Waals surface area contributed by atoms with Crippen molar-refractivity contribution >= 4 is 11.9 Å². The zero-order chi connectivity index (χ0) is 12.4. The number of carboxylic acid groups (broad SMARTS) is 1. The van der Waals surface area contributed by atoms with Crippen LogP contribution in [0.3, 0.4) is 0 Å². The van der Waals surface area contributed by atoms with Gasteiger partial charge in [0.05, 0.1) is 0 Å². The highest BCUT2D eigenvalue weighted by Gasteiger charge is 2.04. The van der Waals surface area contributed by atoms with E-state index in [1.165, 1.54) is 6.42 Å². The quantitative estimate of drug-likeness (QED) is 0.822. The van der Waals surface area contributed by atoms with E-state index in [0.29, 0.717) is 5.56 Å². The van der Waals surface area contributed by atoms with Crippen LogP contribution >= 0.6 is 0 Å². The SMILES string of the molecule is CCC.O=C(O)CNC(=O)c1ccccc1. The number of hydrogen-bond donors (Lipinski definition) is 2. The van der Waals surface area contributed by atoms with Crippen molar-refractivity contribution in [1.82, 2.24) is 5.32 Å². The fourth-order valence-corrected chi connectivity index (χ4v) is 0.847. The van der Waals surface area contributed by atoms with Gasteiger partial charge in [-0.3, -0.25) is 9.59 Å². The van der Waals surface area contributed by atoms with Crippen LogP contribution in [0.1, 0.15) is 30.6 Å². The van der Waals surface area contributed by atoms with Crippen molar-refractivity contribution in [1.29, 1.82) is 0 Å². The predicted molar refractivity (Wildman–Crippen MR) is 62.4 cm³/mol. The second-order valence-electron chi connectivity index (χ2n) is 3.15. The standard InChI is InChI=1S/C9H9NO3.C3H8/c11-8(12)6-10-9(13)7-4-2-1-3-5-7;1-3-2/h1-5H,6H2,(H,10,13)(H,11,12);3H2,1-2H3. The lowest BCUT2D eigenvalue weighted by molar-refractivity contribution is -0.135. The van der Waals surface area contributed by atoms with Gasteiger partial charge in [0.2, 0.25) is 0 Å². The lowest BCUT2D eigenvalue weighted by Crippen LogP contribution is -2.29. The minimum atomic E-state index is -1.05. The van der Waals surface area contributed by atoms with Crippen LogP contribution in [-0.2, 0) is 4.79 Å². The van der Waals surface area contributed by atoms with Crippen LogP contribution in [0, 0.1) is 0 Å². The summed E-state index contributed by atoms with van der Waals surface area (Å²) >= 11 is 0. The molecule has 0 spiro atoms. The van der Waals surface area contributed by atoms with Crippen LogP contribution in [0.25, 0.3) is 0 Å². The molecule has 16 heavy (non-hydrogen) atoms. The summed E-state index contributed by atoms with van der Waals surface area (Å²) in [5.74, 6) is -1.42.